The third-order valence-corrected chi connectivity index (χ3v) is 6.57. The Kier molecular flexibility index (Phi) is 8.34. The lowest BCUT2D eigenvalue weighted by atomic mass is 10.1. The average molecular weight is 511 g/mol. The molecular formula is C27H21ClF2N2O2S. The highest BCUT2D eigenvalue weighted by molar-refractivity contribution is 7.98. The van der Waals surface area contributed by atoms with Gasteiger partial charge in [0.1, 0.15) is 18.2 Å². The van der Waals surface area contributed by atoms with Gasteiger partial charge >= 0.3 is 0 Å². The number of thioether (sulfide) groups is 1. The molecule has 0 unspecified atom stereocenters. The number of nitrogens with one attached hydrogen (secondary N) is 1. The lowest BCUT2D eigenvalue weighted by Gasteiger charge is -2.14. The van der Waals surface area contributed by atoms with E-state index in [0.29, 0.717) is 17.0 Å². The van der Waals surface area contributed by atoms with Crippen LogP contribution in [0.5, 0.6) is 5.75 Å². The van der Waals surface area contributed by atoms with Gasteiger partial charge in [-0.15, -0.1) is 11.8 Å². The van der Waals surface area contributed by atoms with E-state index in [1.807, 2.05) is 42.5 Å². The number of nitrogens with zero attached hydrogens (tertiary/aromatic N) is 1. The molecular weight excluding hydrogens is 490 g/mol. The fourth-order valence-electron chi connectivity index (χ4n) is 3.27. The Morgan fingerprint density at radius 2 is 1.77 bits per heavy atom. The van der Waals surface area contributed by atoms with Gasteiger partial charge < -0.3 is 10.1 Å². The van der Waals surface area contributed by atoms with E-state index in [9.17, 15) is 13.6 Å². The van der Waals surface area contributed by atoms with Crippen LogP contribution >= 0.6 is 23.4 Å². The smallest absolute Gasteiger partial charge is 0.228 e. The Labute approximate surface area is 211 Å². The zero-order valence-electron chi connectivity index (χ0n) is 18.5. The van der Waals surface area contributed by atoms with Crippen molar-refractivity contribution in [1.29, 1.82) is 0 Å². The Hall–Kier alpha value is -3.42. The fraction of sp³-hybridized carbons (Fsp3) is 0.111. The average Bonchev–Trinajstić information content (AvgIpc) is 2.85. The minimum Gasteiger partial charge on any atom is -0.487 e. The molecule has 0 atom stereocenters. The second-order valence-electron chi connectivity index (χ2n) is 7.66. The molecule has 1 amide bonds. The summed E-state index contributed by atoms with van der Waals surface area (Å²) in [5.41, 5.74) is 3.24. The second-order valence-corrected chi connectivity index (χ2v) is 9.09. The van der Waals surface area contributed by atoms with Gasteiger partial charge in [0.2, 0.25) is 11.9 Å². The Balaban J connectivity index is 1.48. The van der Waals surface area contributed by atoms with Crippen molar-refractivity contribution in [2.24, 2.45) is 0 Å². The highest BCUT2D eigenvalue weighted by Gasteiger charge is 2.12. The summed E-state index contributed by atoms with van der Waals surface area (Å²) in [5, 5.41) is 3.09. The molecule has 0 aliphatic rings. The van der Waals surface area contributed by atoms with Crippen molar-refractivity contribution in [2.75, 3.05) is 5.32 Å². The van der Waals surface area contributed by atoms with E-state index in [4.69, 9.17) is 16.3 Å². The van der Waals surface area contributed by atoms with E-state index in [0.717, 1.165) is 21.8 Å². The van der Waals surface area contributed by atoms with Gasteiger partial charge in [0.05, 0.1) is 12.6 Å². The van der Waals surface area contributed by atoms with Gasteiger partial charge in [0.25, 0.3) is 0 Å². The summed E-state index contributed by atoms with van der Waals surface area (Å²) in [4.78, 5) is 17.1. The van der Waals surface area contributed by atoms with Crippen molar-refractivity contribution >= 4 is 35.0 Å². The van der Waals surface area contributed by atoms with E-state index >= 15 is 0 Å². The number of amides is 1. The maximum absolute atomic E-state index is 13.3. The zero-order valence-corrected chi connectivity index (χ0v) is 20.1. The number of aromatic nitrogens is 1. The highest BCUT2D eigenvalue weighted by Crippen LogP contribution is 2.30. The van der Waals surface area contributed by atoms with E-state index < -0.39 is 11.8 Å². The maximum atomic E-state index is 13.3. The monoisotopic (exact) mass is 510 g/mol. The van der Waals surface area contributed by atoms with Crippen LogP contribution in [-0.2, 0) is 23.6 Å². The van der Waals surface area contributed by atoms with Gasteiger partial charge in [0.15, 0.2) is 0 Å². The first-order valence-corrected chi connectivity index (χ1v) is 12.1. The van der Waals surface area contributed by atoms with Crippen LogP contribution in [0.3, 0.4) is 0 Å². The number of rotatable bonds is 9. The molecule has 0 spiro atoms. The standard InChI is InChI=1S/C27H21ClF2N2O2S/c28-24-13-21(29)8-6-19(24)12-27(33)32-22-9-7-20(16-34-23-10-11-26(30)31-15-23)25(14-22)35-17-18-4-2-1-3-5-18/h1-11,13-15H,12,16-17H2,(H,32,33). The zero-order chi connectivity index (χ0) is 24.6. The molecule has 0 bridgehead atoms. The molecule has 8 heteroatoms. The normalized spacial score (nSPS) is 10.7. The van der Waals surface area contributed by atoms with Crippen molar-refractivity contribution in [2.45, 2.75) is 23.7 Å². The predicted octanol–water partition coefficient (Wildman–Crippen LogP) is 7.07. The Bertz CT molecular complexity index is 1300. The molecule has 4 nitrogen and oxygen atoms in total. The third-order valence-electron chi connectivity index (χ3n) is 5.05. The molecule has 0 aliphatic heterocycles. The van der Waals surface area contributed by atoms with Crippen molar-refractivity contribution in [3.63, 3.8) is 0 Å². The first-order chi connectivity index (χ1) is 17.0. The van der Waals surface area contributed by atoms with Crippen LogP contribution in [-0.4, -0.2) is 10.9 Å². The molecule has 4 rings (SSSR count). The van der Waals surface area contributed by atoms with Crippen molar-refractivity contribution < 1.29 is 18.3 Å². The number of pyridine rings is 1. The van der Waals surface area contributed by atoms with Gasteiger partial charge in [0, 0.05) is 26.9 Å². The lowest BCUT2D eigenvalue weighted by Crippen LogP contribution is -2.15. The van der Waals surface area contributed by atoms with Crippen LogP contribution in [0.2, 0.25) is 5.02 Å². The molecule has 178 valence electrons. The summed E-state index contributed by atoms with van der Waals surface area (Å²) < 4.78 is 32.1. The van der Waals surface area contributed by atoms with Gasteiger partial charge in [-0.05, 0) is 47.5 Å². The van der Waals surface area contributed by atoms with E-state index in [1.54, 1.807) is 17.8 Å². The summed E-state index contributed by atoms with van der Waals surface area (Å²) in [5.74, 6) is -0.0982. The number of hydrogen-bond donors (Lipinski definition) is 1. The summed E-state index contributed by atoms with van der Waals surface area (Å²) >= 11 is 7.67. The molecule has 1 aromatic heterocycles. The molecule has 1 heterocycles. The molecule has 4 aromatic rings. The van der Waals surface area contributed by atoms with E-state index in [1.165, 1.54) is 36.5 Å². The predicted molar refractivity (Wildman–Crippen MR) is 135 cm³/mol. The van der Waals surface area contributed by atoms with E-state index in [2.05, 4.69) is 10.3 Å². The van der Waals surface area contributed by atoms with Crippen LogP contribution in [0.1, 0.15) is 16.7 Å². The van der Waals surface area contributed by atoms with Crippen LogP contribution < -0.4 is 10.1 Å². The molecule has 3 aromatic carbocycles. The van der Waals surface area contributed by atoms with Crippen molar-refractivity contribution in [3.05, 3.63) is 119 Å². The minimum absolute atomic E-state index is 0.0219. The molecule has 1 N–H and O–H groups in total. The third kappa shape index (κ3) is 7.28. The summed E-state index contributed by atoms with van der Waals surface area (Å²) in [7, 11) is 0. The second kappa shape index (κ2) is 11.8. The maximum Gasteiger partial charge on any atom is 0.228 e. The largest absolute Gasteiger partial charge is 0.487 e. The van der Waals surface area contributed by atoms with E-state index in [-0.39, 0.29) is 24.0 Å². The summed E-state index contributed by atoms with van der Waals surface area (Å²) in [6.07, 6.45) is 1.36. The van der Waals surface area contributed by atoms with Gasteiger partial charge in [-0.25, -0.2) is 9.37 Å². The number of halogens is 3. The molecule has 0 radical (unpaired) electrons. The highest BCUT2D eigenvalue weighted by atomic mass is 35.5. The minimum atomic E-state index is -0.571. The summed E-state index contributed by atoms with van der Waals surface area (Å²) in [6, 6.07) is 22.3. The fourth-order valence-corrected chi connectivity index (χ4v) is 4.54. The van der Waals surface area contributed by atoms with Gasteiger partial charge in [-0.3, -0.25) is 4.79 Å². The number of benzene rings is 3. The number of carbonyl (C=O) groups excluding carboxylic acids is 1. The molecule has 0 saturated heterocycles. The molecule has 35 heavy (non-hydrogen) atoms. The Morgan fingerprint density at radius 1 is 0.971 bits per heavy atom. The number of anilines is 1. The van der Waals surface area contributed by atoms with Gasteiger partial charge in [-0.1, -0.05) is 54.1 Å². The number of ether oxygens (including phenoxy) is 1. The number of carbonyl (C=O) groups is 1. The van der Waals surface area contributed by atoms with Crippen molar-refractivity contribution in [1.82, 2.24) is 4.98 Å². The van der Waals surface area contributed by atoms with Crippen molar-refractivity contribution in [3.8, 4) is 5.75 Å². The SMILES string of the molecule is O=C(Cc1ccc(F)cc1Cl)Nc1ccc(COc2ccc(F)nc2)c(SCc2ccccc2)c1. The lowest BCUT2D eigenvalue weighted by molar-refractivity contribution is -0.115. The molecule has 0 fully saturated rings. The first-order valence-electron chi connectivity index (χ1n) is 10.7. The Morgan fingerprint density at radius 3 is 2.51 bits per heavy atom. The van der Waals surface area contributed by atoms with Crippen LogP contribution in [0.4, 0.5) is 14.5 Å². The first kappa shape index (κ1) is 24.7. The molecule has 0 saturated carbocycles. The van der Waals surface area contributed by atoms with Gasteiger partial charge in [-0.2, -0.15) is 4.39 Å². The van der Waals surface area contributed by atoms with Crippen LogP contribution in [0.25, 0.3) is 0 Å². The molecule has 0 aliphatic carbocycles. The topological polar surface area (TPSA) is 51.2 Å². The van der Waals surface area contributed by atoms with Crippen LogP contribution in [0.15, 0.2) is 90.0 Å². The number of hydrogen-bond acceptors (Lipinski definition) is 4. The quantitative estimate of drug-likeness (QED) is 0.193. The summed E-state index contributed by atoms with van der Waals surface area (Å²) in [6.45, 7) is 0.254. The van der Waals surface area contributed by atoms with Crippen LogP contribution in [0, 0.1) is 11.8 Å².